The number of hydrogen-bond donors (Lipinski definition) is 1. The van der Waals surface area contributed by atoms with Gasteiger partial charge in [0.15, 0.2) is 0 Å². The summed E-state index contributed by atoms with van der Waals surface area (Å²) >= 11 is 0. The number of para-hydroxylation sites is 1. The van der Waals surface area contributed by atoms with Gasteiger partial charge in [0, 0.05) is 11.6 Å². The monoisotopic (exact) mass is 459 g/mol. The lowest BCUT2D eigenvalue weighted by Crippen LogP contribution is -2.18. The first kappa shape index (κ1) is 22.4. The molecule has 0 spiro atoms. The van der Waals surface area contributed by atoms with Crippen molar-refractivity contribution in [2.24, 2.45) is 0 Å². The SMILES string of the molecule is Cc1cc(NC(=O)c2ccc(S(=O)(=O)C(F)F)cc2)n(-c2ccccc2C(F)(F)F)n1. The largest absolute Gasteiger partial charge is 0.418 e. The number of carbonyl (C=O) groups is 1. The van der Waals surface area contributed by atoms with Crippen LogP contribution < -0.4 is 5.32 Å². The molecule has 0 aliphatic heterocycles. The van der Waals surface area contributed by atoms with Crippen LogP contribution in [0.15, 0.2) is 59.5 Å². The van der Waals surface area contributed by atoms with Crippen LogP contribution in [0.5, 0.6) is 0 Å². The summed E-state index contributed by atoms with van der Waals surface area (Å²) in [6.07, 6.45) is -4.66. The van der Waals surface area contributed by atoms with E-state index in [-0.39, 0.29) is 17.1 Å². The first-order chi connectivity index (χ1) is 14.4. The Kier molecular flexibility index (Phi) is 5.85. The molecule has 31 heavy (non-hydrogen) atoms. The summed E-state index contributed by atoms with van der Waals surface area (Å²) in [5, 5.41) is 6.41. The third kappa shape index (κ3) is 4.58. The molecule has 1 heterocycles. The van der Waals surface area contributed by atoms with Crippen molar-refractivity contribution in [3.8, 4) is 5.69 Å². The molecule has 0 fully saturated rings. The molecule has 0 saturated carbocycles. The fourth-order valence-corrected chi connectivity index (χ4v) is 3.48. The highest BCUT2D eigenvalue weighted by molar-refractivity contribution is 7.91. The molecule has 1 amide bonds. The van der Waals surface area contributed by atoms with Crippen LogP contribution in [0.4, 0.5) is 27.8 Å². The molecule has 0 bridgehead atoms. The molecular formula is C19H14F5N3O3S. The van der Waals surface area contributed by atoms with E-state index in [2.05, 4.69) is 10.4 Å². The van der Waals surface area contributed by atoms with Crippen molar-refractivity contribution >= 4 is 21.6 Å². The zero-order valence-electron chi connectivity index (χ0n) is 15.7. The second-order valence-corrected chi connectivity index (χ2v) is 8.30. The van der Waals surface area contributed by atoms with Crippen LogP contribution in [0.1, 0.15) is 21.6 Å². The predicted octanol–water partition coefficient (Wildman–Crippen LogP) is 4.45. The number of sulfone groups is 1. The van der Waals surface area contributed by atoms with Crippen molar-refractivity contribution in [3.63, 3.8) is 0 Å². The summed E-state index contributed by atoms with van der Waals surface area (Å²) < 4.78 is 89.2. The van der Waals surface area contributed by atoms with Gasteiger partial charge in [-0.3, -0.25) is 4.79 Å². The van der Waals surface area contributed by atoms with Crippen molar-refractivity contribution in [3.05, 3.63) is 71.4 Å². The second kappa shape index (κ2) is 8.10. The van der Waals surface area contributed by atoms with Crippen LogP contribution in [0.2, 0.25) is 0 Å². The van der Waals surface area contributed by atoms with E-state index >= 15 is 0 Å². The van der Waals surface area contributed by atoms with E-state index in [1.165, 1.54) is 31.2 Å². The quantitative estimate of drug-likeness (QED) is 0.572. The molecule has 6 nitrogen and oxygen atoms in total. The number of nitrogens with zero attached hydrogens (tertiary/aromatic N) is 2. The fraction of sp³-hybridized carbons (Fsp3) is 0.158. The van der Waals surface area contributed by atoms with Crippen LogP contribution in [0.3, 0.4) is 0 Å². The molecule has 0 saturated heterocycles. The number of hydrogen-bond acceptors (Lipinski definition) is 4. The first-order valence-corrected chi connectivity index (χ1v) is 10.1. The number of anilines is 1. The summed E-state index contributed by atoms with van der Waals surface area (Å²) in [6.45, 7) is 1.52. The maximum absolute atomic E-state index is 13.4. The third-order valence-corrected chi connectivity index (χ3v) is 5.59. The van der Waals surface area contributed by atoms with Crippen LogP contribution in [-0.2, 0) is 16.0 Å². The minimum absolute atomic E-state index is 0.0662. The normalized spacial score (nSPS) is 12.2. The standard InChI is InChI=1S/C19H14F5N3O3S/c1-11-10-16(27(26-11)15-5-3-2-4-14(15)19(22,23)24)25-17(28)12-6-8-13(9-7-12)31(29,30)18(20)21/h2-10,18H,1H3,(H,25,28). The summed E-state index contributed by atoms with van der Waals surface area (Å²) in [7, 11) is -4.82. The van der Waals surface area contributed by atoms with E-state index in [1.807, 2.05) is 0 Å². The lowest BCUT2D eigenvalue weighted by atomic mass is 10.1. The first-order valence-electron chi connectivity index (χ1n) is 8.58. The molecule has 0 aliphatic carbocycles. The van der Waals surface area contributed by atoms with Gasteiger partial charge in [-0.05, 0) is 43.3 Å². The Balaban J connectivity index is 1.93. The Morgan fingerprint density at radius 3 is 2.26 bits per heavy atom. The number of aryl methyl sites for hydroxylation is 1. The molecule has 0 radical (unpaired) electrons. The highest BCUT2D eigenvalue weighted by Crippen LogP contribution is 2.34. The Morgan fingerprint density at radius 1 is 1.06 bits per heavy atom. The fourth-order valence-electron chi connectivity index (χ4n) is 2.76. The van der Waals surface area contributed by atoms with Gasteiger partial charge in [0.05, 0.1) is 21.8 Å². The number of aromatic nitrogens is 2. The Morgan fingerprint density at radius 2 is 1.68 bits per heavy atom. The maximum atomic E-state index is 13.4. The van der Waals surface area contributed by atoms with Crippen LogP contribution in [0, 0.1) is 6.92 Å². The summed E-state index contributed by atoms with van der Waals surface area (Å²) in [4.78, 5) is 11.8. The molecule has 0 atom stereocenters. The van der Waals surface area contributed by atoms with Crippen molar-refractivity contribution in [1.29, 1.82) is 0 Å². The van der Waals surface area contributed by atoms with Crippen molar-refractivity contribution in [1.82, 2.24) is 9.78 Å². The van der Waals surface area contributed by atoms with Crippen LogP contribution >= 0.6 is 0 Å². The third-order valence-electron chi connectivity index (χ3n) is 4.19. The molecule has 2 aromatic carbocycles. The van der Waals surface area contributed by atoms with Gasteiger partial charge < -0.3 is 5.32 Å². The van der Waals surface area contributed by atoms with Crippen molar-refractivity contribution < 1.29 is 35.2 Å². The van der Waals surface area contributed by atoms with Gasteiger partial charge in [-0.15, -0.1) is 0 Å². The highest BCUT2D eigenvalue weighted by atomic mass is 32.2. The Labute approximate surface area is 173 Å². The van der Waals surface area contributed by atoms with Crippen LogP contribution in [0.25, 0.3) is 5.69 Å². The van der Waals surface area contributed by atoms with Gasteiger partial charge in [-0.2, -0.15) is 27.1 Å². The minimum Gasteiger partial charge on any atom is -0.306 e. The highest BCUT2D eigenvalue weighted by Gasteiger charge is 2.34. The zero-order valence-corrected chi connectivity index (χ0v) is 16.5. The topological polar surface area (TPSA) is 81.1 Å². The van der Waals surface area contributed by atoms with E-state index in [1.54, 1.807) is 0 Å². The van der Waals surface area contributed by atoms with Gasteiger partial charge in [-0.25, -0.2) is 13.1 Å². The van der Waals surface area contributed by atoms with Crippen molar-refractivity contribution in [2.45, 2.75) is 23.8 Å². The second-order valence-electron chi connectivity index (χ2n) is 6.38. The van der Waals surface area contributed by atoms with E-state index in [0.29, 0.717) is 5.69 Å². The molecular weight excluding hydrogens is 445 g/mol. The number of nitrogens with one attached hydrogen (secondary N) is 1. The lowest BCUT2D eigenvalue weighted by Gasteiger charge is -2.15. The molecule has 1 aromatic heterocycles. The number of alkyl halides is 5. The average molecular weight is 459 g/mol. The summed E-state index contributed by atoms with van der Waals surface area (Å²) in [6, 6.07) is 9.74. The van der Waals surface area contributed by atoms with Gasteiger partial charge in [0.25, 0.3) is 5.91 Å². The number of halogens is 5. The zero-order chi connectivity index (χ0) is 23.0. The molecule has 164 valence electrons. The van der Waals surface area contributed by atoms with Gasteiger partial charge >= 0.3 is 11.9 Å². The molecule has 0 aliphatic rings. The molecule has 12 heteroatoms. The molecule has 1 N–H and O–H groups in total. The van der Waals surface area contributed by atoms with E-state index in [4.69, 9.17) is 0 Å². The van der Waals surface area contributed by atoms with E-state index in [0.717, 1.165) is 35.0 Å². The van der Waals surface area contributed by atoms with Gasteiger partial charge in [-0.1, -0.05) is 12.1 Å². The number of rotatable bonds is 5. The van der Waals surface area contributed by atoms with Gasteiger partial charge in [0.2, 0.25) is 9.84 Å². The smallest absolute Gasteiger partial charge is 0.306 e. The minimum atomic E-state index is -4.82. The Hall–Kier alpha value is -3.28. The Bertz CT molecular complexity index is 1220. The van der Waals surface area contributed by atoms with Gasteiger partial charge in [0.1, 0.15) is 5.82 Å². The maximum Gasteiger partial charge on any atom is 0.418 e. The lowest BCUT2D eigenvalue weighted by molar-refractivity contribution is -0.137. The number of carbonyl (C=O) groups excluding carboxylic acids is 1. The summed E-state index contributed by atoms with van der Waals surface area (Å²) in [5.74, 6) is -4.48. The van der Waals surface area contributed by atoms with Crippen LogP contribution in [-0.4, -0.2) is 29.9 Å². The van der Waals surface area contributed by atoms with E-state index < -0.39 is 38.1 Å². The van der Waals surface area contributed by atoms with Crippen molar-refractivity contribution in [2.75, 3.05) is 5.32 Å². The average Bonchev–Trinajstić information content (AvgIpc) is 3.07. The number of amides is 1. The molecule has 3 rings (SSSR count). The number of benzene rings is 2. The summed E-state index contributed by atoms with van der Waals surface area (Å²) in [5.41, 5.74) is -1.04. The molecule has 3 aromatic rings. The van der Waals surface area contributed by atoms with E-state index in [9.17, 15) is 35.2 Å². The molecule has 0 unspecified atom stereocenters. The predicted molar refractivity (Wildman–Crippen MR) is 101 cm³/mol.